The van der Waals surface area contributed by atoms with Gasteiger partial charge in [0.25, 0.3) is 0 Å². The van der Waals surface area contributed by atoms with E-state index in [9.17, 15) is 9.59 Å². The van der Waals surface area contributed by atoms with Crippen LogP contribution in [-0.4, -0.2) is 48.2 Å². The van der Waals surface area contributed by atoms with Crippen LogP contribution in [0.1, 0.15) is 82.6 Å². The minimum atomic E-state index is -1.06. The Morgan fingerprint density at radius 3 is 1.63 bits per heavy atom. The second kappa shape index (κ2) is 10.9. The molecule has 1 aliphatic rings. The van der Waals surface area contributed by atoms with E-state index < -0.39 is 12.6 Å². The Hall–Kier alpha value is -2.66. The molecule has 0 saturated carbocycles. The normalized spacial score (nSPS) is 15.5. The van der Waals surface area contributed by atoms with Crippen LogP contribution in [0.2, 0.25) is 0 Å². The number of nitrogens with zero attached hydrogens (tertiary/aromatic N) is 1. The van der Waals surface area contributed by atoms with Gasteiger partial charge < -0.3 is 14.7 Å². The van der Waals surface area contributed by atoms with Crippen LogP contribution < -0.4 is 0 Å². The van der Waals surface area contributed by atoms with Gasteiger partial charge in [0.1, 0.15) is 13.2 Å². The molecule has 1 N–H and O–H groups in total. The summed E-state index contributed by atoms with van der Waals surface area (Å²) < 4.78 is 5.01. The molecule has 5 heteroatoms. The molecule has 0 aromatic heterocycles. The highest BCUT2D eigenvalue weighted by molar-refractivity contribution is 5.78. The third-order valence-corrected chi connectivity index (χ3v) is 7.09. The number of piperidine rings is 1. The minimum absolute atomic E-state index is 0.108. The summed E-state index contributed by atoms with van der Waals surface area (Å²) in [6.45, 7) is 14.1. The molecule has 1 saturated heterocycles. The van der Waals surface area contributed by atoms with E-state index in [2.05, 4.69) is 90.1 Å². The van der Waals surface area contributed by atoms with Crippen molar-refractivity contribution in [3.8, 4) is 0 Å². The van der Waals surface area contributed by atoms with Gasteiger partial charge in [0.05, 0.1) is 0 Å². The molecule has 0 bridgehead atoms. The number of amides is 1. The fourth-order valence-electron chi connectivity index (χ4n) is 4.92. The summed E-state index contributed by atoms with van der Waals surface area (Å²) in [4.78, 5) is 24.9. The van der Waals surface area contributed by atoms with Crippen molar-refractivity contribution in [3.63, 3.8) is 0 Å². The summed E-state index contributed by atoms with van der Waals surface area (Å²) in [6, 6.07) is 18.1. The quantitative estimate of drug-likeness (QED) is 0.549. The molecular weight excluding hydrogens is 438 g/mol. The summed E-state index contributed by atoms with van der Waals surface area (Å²) in [6.07, 6.45) is 1.80. The second-order valence-corrected chi connectivity index (χ2v) is 11.8. The van der Waals surface area contributed by atoms with Crippen LogP contribution in [0, 0.1) is 5.92 Å². The number of carboxylic acid groups (broad SMARTS) is 1. The van der Waals surface area contributed by atoms with Gasteiger partial charge in [0, 0.05) is 19.0 Å². The zero-order valence-electron chi connectivity index (χ0n) is 22.1. The van der Waals surface area contributed by atoms with E-state index >= 15 is 0 Å². The molecule has 0 unspecified atom stereocenters. The second-order valence-electron chi connectivity index (χ2n) is 11.8. The van der Waals surface area contributed by atoms with Crippen molar-refractivity contribution in [2.45, 2.75) is 71.1 Å². The number of rotatable bonds is 7. The lowest BCUT2D eigenvalue weighted by Crippen LogP contribution is -2.41. The van der Waals surface area contributed by atoms with Crippen LogP contribution in [0.4, 0.5) is 0 Å². The fraction of sp³-hybridized carbons (Fsp3) is 0.533. The number of carboxylic acids is 1. The summed E-state index contributed by atoms with van der Waals surface area (Å²) in [5.41, 5.74) is 5.50. The lowest BCUT2D eigenvalue weighted by Gasteiger charge is -2.37. The van der Waals surface area contributed by atoms with E-state index in [1.54, 1.807) is 4.90 Å². The standard InChI is InChI=1S/C30H41NO4/c1-29(2,3)24-11-7-21(8-12-24)28(22-9-13-25(14-10-22)30(4,5)6)23-15-17-31(18-16-23)26(32)19-35-20-27(33)34/h7-14,23,28H,15-20H2,1-6H3,(H,33,34). The molecular formula is C30H41NO4. The average molecular weight is 480 g/mol. The third-order valence-electron chi connectivity index (χ3n) is 7.09. The molecule has 1 fully saturated rings. The molecule has 1 aliphatic heterocycles. The molecule has 35 heavy (non-hydrogen) atoms. The number of aliphatic carboxylic acids is 1. The first-order valence-electron chi connectivity index (χ1n) is 12.6. The first-order valence-corrected chi connectivity index (χ1v) is 12.6. The Morgan fingerprint density at radius 2 is 1.26 bits per heavy atom. The van der Waals surface area contributed by atoms with Gasteiger partial charge in [-0.25, -0.2) is 4.79 Å². The number of carbonyl (C=O) groups is 2. The Labute approximate surface area is 210 Å². The van der Waals surface area contributed by atoms with Crippen molar-refractivity contribution in [1.29, 1.82) is 0 Å². The van der Waals surface area contributed by atoms with E-state index in [1.165, 1.54) is 22.3 Å². The molecule has 5 nitrogen and oxygen atoms in total. The van der Waals surface area contributed by atoms with Crippen LogP contribution >= 0.6 is 0 Å². The van der Waals surface area contributed by atoms with Gasteiger partial charge in [-0.1, -0.05) is 90.1 Å². The van der Waals surface area contributed by atoms with Gasteiger partial charge in [0.2, 0.25) is 5.91 Å². The molecule has 0 spiro atoms. The molecule has 190 valence electrons. The van der Waals surface area contributed by atoms with Gasteiger partial charge >= 0.3 is 5.97 Å². The van der Waals surface area contributed by atoms with Crippen LogP contribution in [0.5, 0.6) is 0 Å². The Bertz CT molecular complexity index is 931. The van der Waals surface area contributed by atoms with E-state index in [-0.39, 0.29) is 29.3 Å². The molecule has 3 rings (SSSR count). The fourth-order valence-corrected chi connectivity index (χ4v) is 4.92. The number of hydrogen-bond acceptors (Lipinski definition) is 3. The molecule has 2 aromatic carbocycles. The Kier molecular flexibility index (Phi) is 8.42. The van der Waals surface area contributed by atoms with Crippen LogP contribution in [0.15, 0.2) is 48.5 Å². The summed E-state index contributed by atoms with van der Waals surface area (Å²) in [7, 11) is 0. The highest BCUT2D eigenvalue weighted by atomic mass is 16.5. The zero-order chi connectivity index (χ0) is 25.8. The SMILES string of the molecule is CC(C)(C)c1ccc(C(c2ccc(C(C)(C)C)cc2)C2CCN(C(=O)COCC(=O)O)CC2)cc1. The van der Waals surface area contributed by atoms with Crippen molar-refractivity contribution in [2.75, 3.05) is 26.3 Å². The number of carbonyl (C=O) groups excluding carboxylic acids is 1. The van der Waals surface area contributed by atoms with Gasteiger partial charge in [-0.3, -0.25) is 4.79 Å². The Morgan fingerprint density at radius 1 is 0.829 bits per heavy atom. The Balaban J connectivity index is 1.80. The highest BCUT2D eigenvalue weighted by Crippen LogP contribution is 2.39. The van der Waals surface area contributed by atoms with Crippen molar-refractivity contribution in [2.24, 2.45) is 5.92 Å². The minimum Gasteiger partial charge on any atom is -0.480 e. The smallest absolute Gasteiger partial charge is 0.329 e. The first kappa shape index (κ1) is 26.9. The predicted molar refractivity (Wildman–Crippen MR) is 140 cm³/mol. The van der Waals surface area contributed by atoms with Gasteiger partial charge in [-0.2, -0.15) is 0 Å². The lowest BCUT2D eigenvalue weighted by molar-refractivity contribution is -0.146. The number of ether oxygens (including phenoxy) is 1. The summed E-state index contributed by atoms with van der Waals surface area (Å²) >= 11 is 0. The van der Waals surface area contributed by atoms with Gasteiger partial charge in [0.15, 0.2) is 0 Å². The molecule has 0 atom stereocenters. The van der Waals surface area contributed by atoms with Gasteiger partial charge in [-0.15, -0.1) is 0 Å². The third kappa shape index (κ3) is 7.17. The largest absolute Gasteiger partial charge is 0.480 e. The lowest BCUT2D eigenvalue weighted by atomic mass is 9.74. The highest BCUT2D eigenvalue weighted by Gasteiger charge is 2.31. The molecule has 0 aliphatic carbocycles. The van der Waals surface area contributed by atoms with E-state index in [4.69, 9.17) is 9.84 Å². The van der Waals surface area contributed by atoms with Crippen molar-refractivity contribution >= 4 is 11.9 Å². The molecule has 1 amide bonds. The van der Waals surface area contributed by atoms with Crippen molar-refractivity contribution in [3.05, 3.63) is 70.8 Å². The summed E-state index contributed by atoms with van der Waals surface area (Å²) in [5.74, 6) is -0.516. The van der Waals surface area contributed by atoms with Crippen LogP contribution in [-0.2, 0) is 25.2 Å². The summed E-state index contributed by atoms with van der Waals surface area (Å²) in [5, 5.41) is 8.72. The van der Waals surface area contributed by atoms with E-state index in [0.717, 1.165) is 12.8 Å². The van der Waals surface area contributed by atoms with Crippen molar-refractivity contribution in [1.82, 2.24) is 4.90 Å². The molecule has 1 heterocycles. The average Bonchev–Trinajstić information content (AvgIpc) is 2.79. The maximum Gasteiger partial charge on any atom is 0.329 e. The number of likely N-dealkylation sites (tertiary alicyclic amines) is 1. The molecule has 0 radical (unpaired) electrons. The molecule has 2 aromatic rings. The van der Waals surface area contributed by atoms with Crippen molar-refractivity contribution < 1.29 is 19.4 Å². The number of hydrogen-bond donors (Lipinski definition) is 1. The van der Waals surface area contributed by atoms with E-state index in [1.807, 2.05) is 0 Å². The maximum absolute atomic E-state index is 12.5. The first-order chi connectivity index (χ1) is 16.4. The zero-order valence-corrected chi connectivity index (χ0v) is 22.1. The van der Waals surface area contributed by atoms with E-state index in [0.29, 0.717) is 19.0 Å². The number of benzene rings is 2. The van der Waals surface area contributed by atoms with Gasteiger partial charge in [-0.05, 0) is 51.8 Å². The monoisotopic (exact) mass is 479 g/mol. The topological polar surface area (TPSA) is 66.8 Å². The predicted octanol–water partition coefficient (Wildman–Crippen LogP) is 5.75. The van der Waals surface area contributed by atoms with Crippen LogP contribution in [0.3, 0.4) is 0 Å². The maximum atomic E-state index is 12.5. The van der Waals surface area contributed by atoms with Crippen LogP contribution in [0.25, 0.3) is 0 Å².